The second kappa shape index (κ2) is 5.97. The maximum absolute atomic E-state index is 11.7. The molecule has 22 heavy (non-hydrogen) atoms. The molecule has 0 aromatic heterocycles. The summed E-state index contributed by atoms with van der Waals surface area (Å²) in [5.41, 5.74) is 0. The first kappa shape index (κ1) is 15.4. The molecule has 1 aliphatic carbocycles. The van der Waals surface area contributed by atoms with Crippen molar-refractivity contribution < 1.29 is 15.0 Å². The molecule has 1 fully saturated rings. The lowest BCUT2D eigenvalue weighted by Crippen LogP contribution is -2.74. The zero-order valence-corrected chi connectivity index (χ0v) is 13.5. The van der Waals surface area contributed by atoms with Gasteiger partial charge in [0.2, 0.25) is 0 Å². The van der Waals surface area contributed by atoms with E-state index in [4.69, 9.17) is 0 Å². The van der Waals surface area contributed by atoms with Crippen LogP contribution in [0.2, 0.25) is 0 Å². The molecule has 0 amide bonds. The van der Waals surface area contributed by atoms with Crippen molar-refractivity contribution >= 4 is 18.7 Å². The Balaban J connectivity index is 2.12. The van der Waals surface area contributed by atoms with Gasteiger partial charge in [-0.25, -0.2) is 0 Å². The Bertz CT molecular complexity index is 567. The van der Waals surface area contributed by atoms with Gasteiger partial charge in [-0.15, -0.1) is 0 Å². The van der Waals surface area contributed by atoms with E-state index in [1.54, 1.807) is 0 Å². The van der Waals surface area contributed by atoms with Gasteiger partial charge in [-0.3, -0.25) is 0 Å². The molecule has 0 spiro atoms. The van der Waals surface area contributed by atoms with Crippen molar-refractivity contribution in [1.82, 2.24) is 0 Å². The Morgan fingerprint density at radius 3 is 1.64 bits per heavy atom. The van der Waals surface area contributed by atoms with Gasteiger partial charge in [-0.2, -0.15) is 0 Å². The van der Waals surface area contributed by atoms with Crippen molar-refractivity contribution in [2.75, 3.05) is 0 Å². The van der Waals surface area contributed by atoms with E-state index >= 15 is 0 Å². The molecule has 3 rings (SSSR count). The van der Waals surface area contributed by atoms with Crippen LogP contribution >= 0.6 is 0 Å². The van der Waals surface area contributed by atoms with Crippen molar-refractivity contribution in [2.45, 2.75) is 37.0 Å². The summed E-state index contributed by atoms with van der Waals surface area (Å²) in [5.74, 6) is 0. The number of benzene rings is 2. The van der Waals surface area contributed by atoms with E-state index in [-0.39, 0.29) is 6.10 Å². The van der Waals surface area contributed by atoms with E-state index in [2.05, 4.69) is 0 Å². The summed E-state index contributed by atoms with van der Waals surface area (Å²) in [6.07, 6.45) is 1.56. The quantitative estimate of drug-likeness (QED) is 0.739. The highest BCUT2D eigenvalue weighted by molar-refractivity contribution is 6.98. The van der Waals surface area contributed by atoms with Crippen LogP contribution in [-0.4, -0.2) is 34.7 Å². The molecule has 0 radical (unpaired) electrons. The smallest absolute Gasteiger partial charge is 0.284 e. The van der Waals surface area contributed by atoms with Crippen LogP contribution in [-0.2, 0) is 0 Å². The average molecular weight is 314 g/mol. The maximum Gasteiger partial charge on any atom is 0.284 e. The molecule has 0 heterocycles. The van der Waals surface area contributed by atoms with Crippen molar-refractivity contribution in [2.24, 2.45) is 0 Å². The Labute approximate surface area is 132 Å². The van der Waals surface area contributed by atoms with E-state index in [0.717, 1.165) is 10.4 Å². The Morgan fingerprint density at radius 2 is 1.23 bits per heavy atom. The second-order valence-corrected chi connectivity index (χ2v) is 9.71. The Morgan fingerprint density at radius 1 is 0.818 bits per heavy atom. The Kier molecular flexibility index (Phi) is 4.19. The molecule has 0 saturated heterocycles. The summed E-state index contributed by atoms with van der Waals surface area (Å²) in [6, 6.07) is 19.0. The molecule has 2 aromatic carbocycles. The minimum atomic E-state index is -3.31. The van der Waals surface area contributed by atoms with Gasteiger partial charge in [-0.1, -0.05) is 60.7 Å². The van der Waals surface area contributed by atoms with Gasteiger partial charge >= 0.3 is 0 Å². The molecular formula is C18H22O3Si. The minimum Gasteiger partial charge on any atom is -0.422 e. The fourth-order valence-corrected chi connectivity index (χ4v) is 7.27. The van der Waals surface area contributed by atoms with Crippen LogP contribution in [0.15, 0.2) is 60.7 Å². The molecule has 0 unspecified atom stereocenters. The van der Waals surface area contributed by atoms with Gasteiger partial charge in [0.05, 0.1) is 11.3 Å². The third-order valence-corrected chi connectivity index (χ3v) is 9.02. The summed E-state index contributed by atoms with van der Waals surface area (Å²) < 4.78 is 0. The van der Waals surface area contributed by atoms with Gasteiger partial charge in [-0.05, 0) is 36.1 Å². The van der Waals surface area contributed by atoms with Crippen molar-refractivity contribution in [3.63, 3.8) is 0 Å². The topological polar surface area (TPSA) is 60.7 Å². The van der Waals surface area contributed by atoms with Crippen LogP contribution in [0.4, 0.5) is 0 Å². The van der Waals surface area contributed by atoms with E-state index < -0.39 is 13.5 Å². The van der Waals surface area contributed by atoms with Crippen LogP contribution in [0.25, 0.3) is 0 Å². The van der Waals surface area contributed by atoms with Crippen LogP contribution in [0.1, 0.15) is 25.7 Å². The standard InChI is InChI=1S/C18H22O3Si/c19-15-11-13-18(20,14-12-15)22(21,16-7-3-1-4-8-16)17-9-5-2-6-10-17/h1-10,15,19-21H,11-14H2. The molecule has 0 bridgehead atoms. The molecule has 4 heteroatoms. The summed E-state index contributed by atoms with van der Waals surface area (Å²) in [7, 11) is -3.31. The summed E-state index contributed by atoms with van der Waals surface area (Å²) in [6.45, 7) is 0. The molecule has 1 saturated carbocycles. The van der Waals surface area contributed by atoms with Crippen molar-refractivity contribution in [3.8, 4) is 0 Å². The molecule has 2 aromatic rings. The fourth-order valence-electron chi connectivity index (χ4n) is 3.50. The first-order valence-corrected chi connectivity index (χ1v) is 9.75. The lowest BCUT2D eigenvalue weighted by Gasteiger charge is -2.45. The lowest BCUT2D eigenvalue weighted by molar-refractivity contribution is 0.0126. The first-order chi connectivity index (χ1) is 10.6. The summed E-state index contributed by atoms with van der Waals surface area (Å²) in [5, 5.41) is 21.6. The molecule has 3 N–H and O–H groups in total. The summed E-state index contributed by atoms with van der Waals surface area (Å²) in [4.78, 5) is 11.7. The minimum absolute atomic E-state index is 0.370. The first-order valence-electron chi connectivity index (χ1n) is 7.80. The molecule has 0 atom stereocenters. The normalized spacial score (nSPS) is 25.9. The highest BCUT2D eigenvalue weighted by Crippen LogP contribution is 2.34. The number of hydrogen-bond acceptors (Lipinski definition) is 3. The highest BCUT2D eigenvalue weighted by atomic mass is 28.4. The predicted octanol–water partition coefficient (Wildman–Crippen LogP) is 0.944. The third kappa shape index (κ3) is 2.52. The van der Waals surface area contributed by atoms with Gasteiger partial charge in [0, 0.05) is 0 Å². The van der Waals surface area contributed by atoms with Gasteiger partial charge < -0.3 is 15.0 Å². The van der Waals surface area contributed by atoms with Crippen LogP contribution in [0.3, 0.4) is 0 Å². The monoisotopic (exact) mass is 314 g/mol. The molecule has 1 aliphatic rings. The maximum atomic E-state index is 11.7. The molecule has 0 aliphatic heterocycles. The molecule has 116 valence electrons. The van der Waals surface area contributed by atoms with E-state index in [9.17, 15) is 15.0 Å². The molecule has 3 nitrogen and oxygen atoms in total. The van der Waals surface area contributed by atoms with E-state index in [1.165, 1.54) is 0 Å². The van der Waals surface area contributed by atoms with E-state index in [1.807, 2.05) is 60.7 Å². The van der Waals surface area contributed by atoms with Crippen molar-refractivity contribution in [3.05, 3.63) is 60.7 Å². The fraction of sp³-hybridized carbons (Fsp3) is 0.333. The van der Waals surface area contributed by atoms with Crippen molar-refractivity contribution in [1.29, 1.82) is 0 Å². The number of hydrogen-bond donors (Lipinski definition) is 3. The van der Waals surface area contributed by atoms with Gasteiger partial charge in [0.15, 0.2) is 0 Å². The Hall–Kier alpha value is -1.46. The lowest BCUT2D eigenvalue weighted by atomic mass is 9.94. The van der Waals surface area contributed by atoms with E-state index in [0.29, 0.717) is 25.7 Å². The zero-order valence-electron chi connectivity index (χ0n) is 12.5. The average Bonchev–Trinajstić information content (AvgIpc) is 2.58. The van der Waals surface area contributed by atoms with Crippen LogP contribution in [0.5, 0.6) is 0 Å². The van der Waals surface area contributed by atoms with Gasteiger partial charge in [0.1, 0.15) is 0 Å². The largest absolute Gasteiger partial charge is 0.422 e. The highest BCUT2D eigenvalue weighted by Gasteiger charge is 2.55. The molecular weight excluding hydrogens is 292 g/mol. The SMILES string of the molecule is OC1CCC(O)([Si](O)(c2ccccc2)c2ccccc2)CC1. The zero-order chi connectivity index (χ0) is 15.6. The predicted molar refractivity (Wildman–Crippen MR) is 89.5 cm³/mol. The second-order valence-electron chi connectivity index (χ2n) is 6.21. The van der Waals surface area contributed by atoms with Crippen LogP contribution in [0, 0.1) is 0 Å². The third-order valence-electron chi connectivity index (χ3n) is 4.84. The number of rotatable bonds is 3. The van der Waals surface area contributed by atoms with Gasteiger partial charge in [0.25, 0.3) is 8.32 Å². The van der Waals surface area contributed by atoms with Crippen LogP contribution < -0.4 is 10.4 Å². The summed E-state index contributed by atoms with van der Waals surface area (Å²) >= 11 is 0. The number of aliphatic hydroxyl groups excluding tert-OH is 1. The number of aliphatic hydroxyl groups is 2.